The number of benzene rings is 1. The summed E-state index contributed by atoms with van der Waals surface area (Å²) in [6.45, 7) is 7.69. The van der Waals surface area contributed by atoms with Crippen molar-refractivity contribution in [3.8, 4) is 0 Å². The van der Waals surface area contributed by atoms with Gasteiger partial charge in [0.15, 0.2) is 5.96 Å². The molecule has 1 saturated heterocycles. The summed E-state index contributed by atoms with van der Waals surface area (Å²) in [6, 6.07) is 7.04. The van der Waals surface area contributed by atoms with E-state index in [1.165, 1.54) is 0 Å². The number of rotatable bonds is 4. The number of carbonyl (C=O) groups excluding carboxylic acids is 1. The molecular weight excluding hydrogens is 312 g/mol. The van der Waals surface area contributed by atoms with E-state index >= 15 is 0 Å². The van der Waals surface area contributed by atoms with Gasteiger partial charge in [-0.05, 0) is 24.0 Å². The van der Waals surface area contributed by atoms with Gasteiger partial charge in [-0.1, -0.05) is 37.6 Å². The first-order valence-electron chi connectivity index (χ1n) is 7.91. The summed E-state index contributed by atoms with van der Waals surface area (Å²) >= 11 is 6.02. The van der Waals surface area contributed by atoms with Gasteiger partial charge in [0.05, 0.1) is 10.6 Å². The summed E-state index contributed by atoms with van der Waals surface area (Å²) in [4.78, 5) is 18.6. The number of carbonyl (C=O) groups is 1. The maximum atomic E-state index is 12.1. The van der Waals surface area contributed by atoms with Gasteiger partial charge >= 0.3 is 0 Å². The maximum absolute atomic E-state index is 12.1. The minimum absolute atomic E-state index is 0.158. The SMILES string of the molecule is CN=C(NCCNC(=O)c1ccccc1Cl)N1CCC(C)(C)C1. The molecule has 2 N–H and O–H groups in total. The normalized spacial score (nSPS) is 17.2. The highest BCUT2D eigenvalue weighted by Crippen LogP contribution is 2.28. The van der Waals surface area contributed by atoms with Gasteiger partial charge in [0, 0.05) is 33.2 Å². The number of hydrogen-bond acceptors (Lipinski definition) is 2. The zero-order chi connectivity index (χ0) is 16.9. The summed E-state index contributed by atoms with van der Waals surface area (Å²) in [5.41, 5.74) is 0.829. The first-order valence-corrected chi connectivity index (χ1v) is 8.29. The fourth-order valence-corrected chi connectivity index (χ4v) is 2.94. The van der Waals surface area contributed by atoms with Crippen LogP contribution in [0, 0.1) is 5.41 Å². The summed E-state index contributed by atoms with van der Waals surface area (Å²) in [5, 5.41) is 6.63. The van der Waals surface area contributed by atoms with Gasteiger partial charge in [-0.15, -0.1) is 0 Å². The van der Waals surface area contributed by atoms with E-state index < -0.39 is 0 Å². The van der Waals surface area contributed by atoms with Crippen molar-refractivity contribution in [3.63, 3.8) is 0 Å². The van der Waals surface area contributed by atoms with Gasteiger partial charge in [-0.2, -0.15) is 0 Å². The van der Waals surface area contributed by atoms with E-state index in [2.05, 4.69) is 34.4 Å². The maximum Gasteiger partial charge on any atom is 0.252 e. The molecule has 0 bridgehead atoms. The Balaban J connectivity index is 1.76. The Morgan fingerprint density at radius 1 is 1.30 bits per heavy atom. The van der Waals surface area contributed by atoms with Crippen LogP contribution in [0.5, 0.6) is 0 Å². The predicted octanol–water partition coefficient (Wildman–Crippen LogP) is 2.38. The number of amides is 1. The molecule has 1 aromatic carbocycles. The van der Waals surface area contributed by atoms with Crippen LogP contribution in [0.15, 0.2) is 29.3 Å². The number of halogens is 1. The quantitative estimate of drug-likeness (QED) is 0.504. The van der Waals surface area contributed by atoms with Crippen molar-refractivity contribution < 1.29 is 4.79 Å². The largest absolute Gasteiger partial charge is 0.354 e. The Labute approximate surface area is 143 Å². The highest BCUT2D eigenvalue weighted by molar-refractivity contribution is 6.33. The third-order valence-electron chi connectivity index (χ3n) is 4.00. The number of likely N-dealkylation sites (tertiary alicyclic amines) is 1. The molecule has 6 heteroatoms. The average Bonchev–Trinajstić information content (AvgIpc) is 2.87. The van der Waals surface area contributed by atoms with Crippen LogP contribution in [0.3, 0.4) is 0 Å². The minimum atomic E-state index is -0.158. The van der Waals surface area contributed by atoms with E-state index in [0.29, 0.717) is 29.1 Å². The molecule has 0 saturated carbocycles. The van der Waals surface area contributed by atoms with Gasteiger partial charge in [0.1, 0.15) is 0 Å². The molecule has 5 nitrogen and oxygen atoms in total. The third-order valence-corrected chi connectivity index (χ3v) is 4.33. The molecule has 1 aliphatic rings. The smallest absolute Gasteiger partial charge is 0.252 e. The molecule has 1 heterocycles. The molecule has 0 atom stereocenters. The molecule has 2 rings (SSSR count). The molecule has 0 aliphatic carbocycles. The van der Waals surface area contributed by atoms with Crippen LogP contribution < -0.4 is 10.6 Å². The molecule has 0 radical (unpaired) electrons. The second-order valence-electron chi connectivity index (χ2n) is 6.55. The van der Waals surface area contributed by atoms with Crippen LogP contribution in [0.25, 0.3) is 0 Å². The van der Waals surface area contributed by atoms with Crippen LogP contribution in [0.4, 0.5) is 0 Å². The fraction of sp³-hybridized carbons (Fsp3) is 0.529. The van der Waals surface area contributed by atoms with Gasteiger partial charge < -0.3 is 15.5 Å². The molecule has 126 valence electrons. The highest BCUT2D eigenvalue weighted by atomic mass is 35.5. The molecule has 1 amide bonds. The molecule has 1 aliphatic heterocycles. The van der Waals surface area contributed by atoms with Gasteiger partial charge in [0.2, 0.25) is 0 Å². The lowest BCUT2D eigenvalue weighted by Crippen LogP contribution is -2.43. The minimum Gasteiger partial charge on any atom is -0.354 e. The van der Waals surface area contributed by atoms with E-state index in [1.54, 1.807) is 25.2 Å². The first-order chi connectivity index (χ1) is 10.9. The summed E-state index contributed by atoms with van der Waals surface area (Å²) in [5.74, 6) is 0.734. The number of hydrogen-bond donors (Lipinski definition) is 2. The average molecular weight is 337 g/mol. The lowest BCUT2D eigenvalue weighted by Gasteiger charge is -2.23. The Morgan fingerprint density at radius 2 is 2.00 bits per heavy atom. The molecule has 23 heavy (non-hydrogen) atoms. The van der Waals surface area contributed by atoms with Crippen LogP contribution in [-0.4, -0.2) is 50.0 Å². The number of aliphatic imine (C=N–C) groups is 1. The van der Waals surface area contributed by atoms with Crippen LogP contribution >= 0.6 is 11.6 Å². The van der Waals surface area contributed by atoms with Crippen molar-refractivity contribution >= 4 is 23.5 Å². The molecule has 1 fully saturated rings. The van der Waals surface area contributed by atoms with Gasteiger partial charge in [-0.3, -0.25) is 9.79 Å². The van der Waals surface area contributed by atoms with E-state index in [0.717, 1.165) is 25.5 Å². The highest BCUT2D eigenvalue weighted by Gasteiger charge is 2.30. The monoisotopic (exact) mass is 336 g/mol. The zero-order valence-corrected chi connectivity index (χ0v) is 14.8. The van der Waals surface area contributed by atoms with Crippen LogP contribution in [-0.2, 0) is 0 Å². The van der Waals surface area contributed by atoms with Crippen LogP contribution in [0.1, 0.15) is 30.6 Å². The van der Waals surface area contributed by atoms with Crippen molar-refractivity contribution in [2.75, 3.05) is 33.2 Å². The lowest BCUT2D eigenvalue weighted by molar-refractivity contribution is 0.0954. The second-order valence-corrected chi connectivity index (χ2v) is 6.95. The summed E-state index contributed by atoms with van der Waals surface area (Å²) in [6.07, 6.45) is 1.16. The Morgan fingerprint density at radius 3 is 2.61 bits per heavy atom. The van der Waals surface area contributed by atoms with E-state index in [1.807, 2.05) is 6.07 Å². The van der Waals surface area contributed by atoms with Crippen molar-refractivity contribution in [2.45, 2.75) is 20.3 Å². The topological polar surface area (TPSA) is 56.7 Å². The third kappa shape index (κ3) is 4.86. The van der Waals surface area contributed by atoms with Gasteiger partial charge in [0.25, 0.3) is 5.91 Å². The first kappa shape index (κ1) is 17.6. The molecule has 0 aromatic heterocycles. The van der Waals surface area contributed by atoms with E-state index in [-0.39, 0.29) is 5.91 Å². The number of guanidine groups is 1. The van der Waals surface area contributed by atoms with Gasteiger partial charge in [-0.25, -0.2) is 0 Å². The molecule has 0 spiro atoms. The van der Waals surface area contributed by atoms with Crippen molar-refractivity contribution in [1.29, 1.82) is 0 Å². The van der Waals surface area contributed by atoms with E-state index in [9.17, 15) is 4.79 Å². The number of nitrogens with one attached hydrogen (secondary N) is 2. The fourth-order valence-electron chi connectivity index (χ4n) is 2.72. The van der Waals surface area contributed by atoms with Crippen LogP contribution in [0.2, 0.25) is 5.02 Å². The summed E-state index contributed by atoms with van der Waals surface area (Å²) in [7, 11) is 1.79. The lowest BCUT2D eigenvalue weighted by atomic mass is 9.93. The standard InChI is InChI=1S/C17H25ClN4O/c1-17(2)8-11-22(12-17)16(19-3)21-10-9-20-15(23)13-6-4-5-7-14(13)18/h4-7H,8-12H2,1-3H3,(H,19,21)(H,20,23). The van der Waals surface area contributed by atoms with Crippen molar-refractivity contribution in [1.82, 2.24) is 15.5 Å². The molecular formula is C17H25ClN4O. The zero-order valence-electron chi connectivity index (χ0n) is 14.0. The molecule has 1 aromatic rings. The Kier molecular flexibility index (Phi) is 5.88. The predicted molar refractivity (Wildman–Crippen MR) is 95.1 cm³/mol. The van der Waals surface area contributed by atoms with Crippen molar-refractivity contribution in [3.05, 3.63) is 34.9 Å². The Bertz CT molecular complexity index is 586. The summed E-state index contributed by atoms with van der Waals surface area (Å²) < 4.78 is 0. The Hall–Kier alpha value is -1.75. The van der Waals surface area contributed by atoms with Crippen molar-refractivity contribution in [2.24, 2.45) is 10.4 Å². The van der Waals surface area contributed by atoms with E-state index in [4.69, 9.17) is 11.6 Å². The number of nitrogens with zero attached hydrogens (tertiary/aromatic N) is 2. The second kappa shape index (κ2) is 7.68. The molecule has 0 unspecified atom stereocenters.